The van der Waals surface area contributed by atoms with E-state index in [4.69, 9.17) is 9.47 Å². The van der Waals surface area contributed by atoms with Gasteiger partial charge >= 0.3 is 5.97 Å². The van der Waals surface area contributed by atoms with Gasteiger partial charge in [-0.2, -0.15) is 0 Å². The molecule has 5 nitrogen and oxygen atoms in total. The highest BCUT2D eigenvalue weighted by Gasteiger charge is 2.15. The summed E-state index contributed by atoms with van der Waals surface area (Å²) in [6.45, 7) is 2.46. The van der Waals surface area contributed by atoms with Crippen LogP contribution in [0, 0.1) is 0 Å². The third-order valence-corrected chi connectivity index (χ3v) is 3.06. The maximum atomic E-state index is 12.1. The van der Waals surface area contributed by atoms with Gasteiger partial charge in [-0.1, -0.05) is 19.8 Å². The highest BCUT2D eigenvalue weighted by Crippen LogP contribution is 2.12. The zero-order chi connectivity index (χ0) is 15.7. The first-order chi connectivity index (χ1) is 10.1. The molecule has 0 aliphatic rings. The second kappa shape index (κ2) is 9.00. The Kier molecular flexibility index (Phi) is 7.29. The van der Waals surface area contributed by atoms with Gasteiger partial charge in [0.25, 0.3) is 5.91 Å². The standard InChI is InChI=1S/C16H23NO4/c1-4-5-6-11-21-15(18)12-17(2)16(19)13-7-9-14(20-3)10-8-13/h7-10H,4-6,11-12H2,1-3H3. The normalized spacial score (nSPS) is 10.0. The van der Waals surface area contributed by atoms with E-state index >= 15 is 0 Å². The second-order valence-electron chi connectivity index (χ2n) is 4.82. The largest absolute Gasteiger partial charge is 0.497 e. The van der Waals surface area contributed by atoms with Gasteiger partial charge in [0.05, 0.1) is 13.7 Å². The maximum Gasteiger partial charge on any atom is 0.325 e. The number of ether oxygens (including phenoxy) is 2. The van der Waals surface area contributed by atoms with Crippen LogP contribution in [0.5, 0.6) is 5.75 Å². The number of nitrogens with zero attached hydrogens (tertiary/aromatic N) is 1. The molecular formula is C16H23NO4. The lowest BCUT2D eigenvalue weighted by molar-refractivity contribution is -0.144. The fourth-order valence-corrected chi connectivity index (χ4v) is 1.80. The van der Waals surface area contributed by atoms with Gasteiger partial charge in [-0.3, -0.25) is 9.59 Å². The Labute approximate surface area is 125 Å². The fourth-order valence-electron chi connectivity index (χ4n) is 1.80. The van der Waals surface area contributed by atoms with Crippen molar-refractivity contribution in [1.29, 1.82) is 0 Å². The zero-order valence-electron chi connectivity index (χ0n) is 12.9. The molecule has 0 saturated carbocycles. The lowest BCUT2D eigenvalue weighted by Gasteiger charge is -2.16. The first kappa shape index (κ1) is 17.0. The lowest BCUT2D eigenvalue weighted by atomic mass is 10.2. The van der Waals surface area contributed by atoms with Crippen LogP contribution in [-0.4, -0.2) is 44.1 Å². The molecule has 1 aromatic carbocycles. The number of carbonyl (C=O) groups excluding carboxylic acids is 2. The average Bonchev–Trinajstić information content (AvgIpc) is 2.51. The third-order valence-electron chi connectivity index (χ3n) is 3.06. The number of unbranched alkanes of at least 4 members (excludes halogenated alkanes) is 2. The molecule has 0 atom stereocenters. The summed E-state index contributed by atoms with van der Waals surface area (Å²) in [6, 6.07) is 6.77. The van der Waals surface area contributed by atoms with Crippen molar-refractivity contribution < 1.29 is 19.1 Å². The van der Waals surface area contributed by atoms with Crippen LogP contribution in [0.1, 0.15) is 36.5 Å². The number of hydrogen-bond acceptors (Lipinski definition) is 4. The quantitative estimate of drug-likeness (QED) is 0.546. The van der Waals surface area contributed by atoms with Crippen molar-refractivity contribution in [2.24, 2.45) is 0 Å². The molecule has 0 spiro atoms. The van der Waals surface area contributed by atoms with Gasteiger partial charge < -0.3 is 14.4 Å². The summed E-state index contributed by atoms with van der Waals surface area (Å²) >= 11 is 0. The summed E-state index contributed by atoms with van der Waals surface area (Å²) in [6.07, 6.45) is 2.97. The van der Waals surface area contributed by atoms with E-state index in [2.05, 4.69) is 6.92 Å². The van der Waals surface area contributed by atoms with E-state index < -0.39 is 0 Å². The highest BCUT2D eigenvalue weighted by molar-refractivity contribution is 5.95. The minimum atomic E-state index is -0.379. The van der Waals surface area contributed by atoms with Gasteiger partial charge in [-0.05, 0) is 30.7 Å². The number of methoxy groups -OCH3 is 1. The second-order valence-corrected chi connectivity index (χ2v) is 4.82. The Morgan fingerprint density at radius 2 is 1.81 bits per heavy atom. The lowest BCUT2D eigenvalue weighted by Crippen LogP contribution is -2.33. The molecule has 1 rings (SSSR count). The number of esters is 1. The van der Waals surface area contributed by atoms with E-state index in [0.717, 1.165) is 19.3 Å². The van der Waals surface area contributed by atoms with Crippen molar-refractivity contribution >= 4 is 11.9 Å². The Morgan fingerprint density at radius 3 is 2.38 bits per heavy atom. The van der Waals surface area contributed by atoms with Crippen molar-refractivity contribution in [2.45, 2.75) is 26.2 Å². The molecule has 1 amide bonds. The molecule has 0 saturated heterocycles. The van der Waals surface area contributed by atoms with Crippen LogP contribution in [0.2, 0.25) is 0 Å². The zero-order valence-corrected chi connectivity index (χ0v) is 12.9. The van der Waals surface area contributed by atoms with Crippen LogP contribution in [0.15, 0.2) is 24.3 Å². The summed E-state index contributed by atoms with van der Waals surface area (Å²) in [5, 5.41) is 0. The minimum Gasteiger partial charge on any atom is -0.497 e. The van der Waals surface area contributed by atoms with Crippen LogP contribution in [0.25, 0.3) is 0 Å². The Balaban J connectivity index is 2.44. The van der Waals surface area contributed by atoms with E-state index in [1.54, 1.807) is 38.4 Å². The third kappa shape index (κ3) is 5.85. The van der Waals surface area contributed by atoms with Crippen LogP contribution >= 0.6 is 0 Å². The number of rotatable bonds is 8. The van der Waals surface area contributed by atoms with Crippen LogP contribution < -0.4 is 4.74 Å². The molecule has 0 radical (unpaired) electrons. The molecule has 116 valence electrons. The monoisotopic (exact) mass is 293 g/mol. The molecule has 0 aliphatic carbocycles. The summed E-state index contributed by atoms with van der Waals surface area (Å²) in [4.78, 5) is 25.1. The highest BCUT2D eigenvalue weighted by atomic mass is 16.5. The topological polar surface area (TPSA) is 55.8 Å². The van der Waals surface area contributed by atoms with Crippen molar-refractivity contribution in [3.63, 3.8) is 0 Å². The molecule has 5 heteroatoms. The molecule has 1 aromatic rings. The number of likely N-dealkylation sites (N-methyl/N-ethyl adjacent to an activating group) is 1. The molecule has 0 unspecified atom stereocenters. The maximum absolute atomic E-state index is 12.1. The first-order valence-electron chi connectivity index (χ1n) is 7.13. The minimum absolute atomic E-state index is 0.0447. The van der Waals surface area contributed by atoms with Gasteiger partial charge in [-0.15, -0.1) is 0 Å². The summed E-state index contributed by atoms with van der Waals surface area (Å²) in [5.41, 5.74) is 0.511. The van der Waals surface area contributed by atoms with Gasteiger partial charge in [0.1, 0.15) is 12.3 Å². The molecule has 0 aliphatic heterocycles. The van der Waals surface area contributed by atoms with Crippen molar-refractivity contribution in [2.75, 3.05) is 27.3 Å². The number of carbonyl (C=O) groups is 2. The molecule has 0 aromatic heterocycles. The van der Waals surface area contributed by atoms with Crippen LogP contribution in [0.4, 0.5) is 0 Å². The fraction of sp³-hybridized carbons (Fsp3) is 0.500. The molecule has 0 heterocycles. The van der Waals surface area contributed by atoms with Gasteiger partial charge in [0.2, 0.25) is 0 Å². The van der Waals surface area contributed by atoms with Crippen molar-refractivity contribution in [1.82, 2.24) is 4.90 Å². The number of hydrogen-bond donors (Lipinski definition) is 0. The molecular weight excluding hydrogens is 270 g/mol. The smallest absolute Gasteiger partial charge is 0.325 e. The molecule has 0 bridgehead atoms. The van der Waals surface area contributed by atoms with E-state index in [1.165, 1.54) is 4.90 Å². The Bertz CT molecular complexity index is 456. The Morgan fingerprint density at radius 1 is 1.14 bits per heavy atom. The SMILES string of the molecule is CCCCCOC(=O)CN(C)C(=O)c1ccc(OC)cc1. The van der Waals surface area contributed by atoms with E-state index in [1.807, 2.05) is 0 Å². The predicted octanol–water partition coefficient (Wildman–Crippen LogP) is 2.50. The predicted molar refractivity (Wildman–Crippen MR) is 80.4 cm³/mol. The van der Waals surface area contributed by atoms with Gasteiger partial charge in [0.15, 0.2) is 0 Å². The van der Waals surface area contributed by atoms with Crippen molar-refractivity contribution in [3.05, 3.63) is 29.8 Å². The number of amides is 1. The molecule has 21 heavy (non-hydrogen) atoms. The first-order valence-corrected chi connectivity index (χ1v) is 7.13. The van der Waals surface area contributed by atoms with E-state index in [-0.39, 0.29) is 18.4 Å². The molecule has 0 fully saturated rings. The van der Waals surface area contributed by atoms with Crippen LogP contribution in [-0.2, 0) is 9.53 Å². The summed E-state index contributed by atoms with van der Waals surface area (Å²) < 4.78 is 10.1. The van der Waals surface area contributed by atoms with E-state index in [0.29, 0.717) is 17.9 Å². The van der Waals surface area contributed by atoms with E-state index in [9.17, 15) is 9.59 Å². The van der Waals surface area contributed by atoms with Crippen molar-refractivity contribution in [3.8, 4) is 5.75 Å². The molecule has 0 N–H and O–H groups in total. The van der Waals surface area contributed by atoms with Gasteiger partial charge in [0, 0.05) is 12.6 Å². The summed E-state index contributed by atoms with van der Waals surface area (Å²) in [5.74, 6) is 0.0863. The Hall–Kier alpha value is -2.04. The average molecular weight is 293 g/mol. The van der Waals surface area contributed by atoms with Gasteiger partial charge in [-0.25, -0.2) is 0 Å². The summed E-state index contributed by atoms with van der Waals surface area (Å²) in [7, 11) is 3.15. The number of benzene rings is 1. The van der Waals surface area contributed by atoms with Crippen LogP contribution in [0.3, 0.4) is 0 Å².